The number of hydrogen-bond acceptors (Lipinski definition) is 6. The molecule has 0 heterocycles. The Balaban J connectivity index is 3.06. The van der Waals surface area contributed by atoms with E-state index in [0.29, 0.717) is 5.56 Å². The third kappa shape index (κ3) is 4.17. The Morgan fingerprint density at radius 3 is 2.21 bits per heavy atom. The fourth-order valence-corrected chi connectivity index (χ4v) is 1.72. The molecule has 104 valence electrons. The predicted octanol–water partition coefficient (Wildman–Crippen LogP) is 1.55. The SMILES string of the molecule is COC(=O)/C(=N/NP(=O)(OC)OC)c1ccccc1. The number of hydrogen-bond donors (Lipinski definition) is 1. The molecule has 0 aliphatic carbocycles. The lowest BCUT2D eigenvalue weighted by Gasteiger charge is -2.13. The quantitative estimate of drug-likeness (QED) is 0.369. The van der Waals surface area contributed by atoms with Gasteiger partial charge in [-0.3, -0.25) is 9.05 Å². The molecule has 0 bridgehead atoms. The van der Waals surface area contributed by atoms with Gasteiger partial charge in [0.05, 0.1) is 7.11 Å². The van der Waals surface area contributed by atoms with Gasteiger partial charge in [0.1, 0.15) is 0 Å². The third-order valence-corrected chi connectivity index (χ3v) is 3.50. The van der Waals surface area contributed by atoms with Gasteiger partial charge in [-0.25, -0.2) is 14.6 Å². The van der Waals surface area contributed by atoms with Crippen molar-refractivity contribution in [3.05, 3.63) is 35.9 Å². The second-order valence-electron chi connectivity index (χ2n) is 3.28. The van der Waals surface area contributed by atoms with Crippen LogP contribution in [0.4, 0.5) is 0 Å². The standard InChI is InChI=1S/C11H15N2O5P/c1-16-11(14)10(9-7-5-4-6-8-9)12-13-19(15,17-2)18-3/h4-8H,1-3H3,(H,13,15)/b12-10+. The van der Waals surface area contributed by atoms with Crippen LogP contribution in [0.25, 0.3) is 0 Å². The number of benzene rings is 1. The molecular weight excluding hydrogens is 271 g/mol. The summed E-state index contributed by atoms with van der Waals surface area (Å²) in [6, 6.07) is 8.60. The lowest BCUT2D eigenvalue weighted by Crippen LogP contribution is -2.21. The van der Waals surface area contributed by atoms with Crippen LogP contribution >= 0.6 is 7.75 Å². The summed E-state index contributed by atoms with van der Waals surface area (Å²) in [6.07, 6.45) is 0. The number of rotatable bonds is 6. The van der Waals surface area contributed by atoms with Gasteiger partial charge in [0.2, 0.25) is 0 Å². The Hall–Kier alpha value is -1.69. The average molecular weight is 286 g/mol. The minimum atomic E-state index is -3.55. The van der Waals surface area contributed by atoms with Crippen LogP contribution in [0, 0.1) is 0 Å². The van der Waals surface area contributed by atoms with Crippen molar-refractivity contribution in [2.24, 2.45) is 5.10 Å². The number of nitrogens with zero attached hydrogens (tertiary/aromatic N) is 1. The smallest absolute Gasteiger partial charge is 0.447 e. The fourth-order valence-electron chi connectivity index (χ4n) is 1.19. The first-order chi connectivity index (χ1) is 9.06. The van der Waals surface area contributed by atoms with Crippen molar-refractivity contribution in [1.29, 1.82) is 0 Å². The van der Waals surface area contributed by atoms with Crippen LogP contribution in [0.1, 0.15) is 5.56 Å². The van der Waals surface area contributed by atoms with Crippen molar-refractivity contribution in [1.82, 2.24) is 5.20 Å². The molecule has 0 saturated heterocycles. The molecule has 0 amide bonds. The zero-order valence-electron chi connectivity index (χ0n) is 10.8. The molecule has 0 aliphatic rings. The highest BCUT2D eigenvalue weighted by Gasteiger charge is 2.22. The number of hydrazone groups is 1. The van der Waals surface area contributed by atoms with Crippen LogP contribution in [-0.2, 0) is 23.1 Å². The normalized spacial score (nSPS) is 12.1. The zero-order chi connectivity index (χ0) is 14.3. The maximum atomic E-state index is 11.8. The third-order valence-electron chi connectivity index (χ3n) is 2.19. The van der Waals surface area contributed by atoms with Crippen LogP contribution in [-0.4, -0.2) is 33.0 Å². The molecule has 0 spiro atoms. The first-order valence-electron chi connectivity index (χ1n) is 5.26. The summed E-state index contributed by atoms with van der Waals surface area (Å²) in [5.74, 6) is -0.669. The summed E-state index contributed by atoms with van der Waals surface area (Å²) < 4.78 is 25.7. The molecule has 0 fully saturated rings. The molecule has 0 saturated carbocycles. The maximum Gasteiger partial charge on any atom is 0.447 e. The molecule has 7 nitrogen and oxygen atoms in total. The minimum Gasteiger partial charge on any atom is -0.464 e. The molecular formula is C11H15N2O5P. The van der Waals surface area contributed by atoms with E-state index in [0.717, 1.165) is 0 Å². The van der Waals surface area contributed by atoms with Crippen LogP contribution in [0.15, 0.2) is 35.4 Å². The maximum absolute atomic E-state index is 11.8. The highest BCUT2D eigenvalue weighted by molar-refractivity contribution is 7.51. The summed E-state index contributed by atoms with van der Waals surface area (Å²) in [7, 11) is 0.0813. The van der Waals surface area contributed by atoms with Gasteiger partial charge in [-0.05, 0) is 0 Å². The summed E-state index contributed by atoms with van der Waals surface area (Å²) in [5.41, 5.74) is 0.484. The lowest BCUT2D eigenvalue weighted by atomic mass is 10.1. The van der Waals surface area contributed by atoms with Gasteiger partial charge in [-0.15, -0.1) is 0 Å². The van der Waals surface area contributed by atoms with Gasteiger partial charge >= 0.3 is 13.7 Å². The van der Waals surface area contributed by atoms with E-state index in [1.807, 2.05) is 0 Å². The molecule has 0 unspecified atom stereocenters. The average Bonchev–Trinajstić information content (AvgIpc) is 2.48. The topological polar surface area (TPSA) is 86.2 Å². The minimum absolute atomic E-state index is 0.0302. The van der Waals surface area contributed by atoms with Gasteiger partial charge < -0.3 is 4.74 Å². The highest BCUT2D eigenvalue weighted by Crippen LogP contribution is 2.41. The summed E-state index contributed by atoms with van der Waals surface area (Å²) in [4.78, 5) is 11.6. The van der Waals surface area contributed by atoms with E-state index in [1.54, 1.807) is 30.3 Å². The van der Waals surface area contributed by atoms with Gasteiger partial charge in [-0.1, -0.05) is 30.3 Å². The molecule has 1 rings (SSSR count). The lowest BCUT2D eigenvalue weighted by molar-refractivity contribution is -0.132. The van der Waals surface area contributed by atoms with Gasteiger partial charge in [0.15, 0.2) is 5.71 Å². The van der Waals surface area contributed by atoms with Gasteiger partial charge in [-0.2, -0.15) is 5.10 Å². The van der Waals surface area contributed by atoms with Crippen LogP contribution in [0.2, 0.25) is 0 Å². The van der Waals surface area contributed by atoms with Crippen LogP contribution in [0.3, 0.4) is 0 Å². The van der Waals surface area contributed by atoms with Gasteiger partial charge in [0, 0.05) is 19.8 Å². The molecule has 0 aromatic heterocycles. The Labute approximate surface area is 111 Å². The monoisotopic (exact) mass is 286 g/mol. The summed E-state index contributed by atoms with van der Waals surface area (Å²) in [5, 5.41) is 5.97. The van der Waals surface area contributed by atoms with Crippen molar-refractivity contribution in [3.8, 4) is 0 Å². The molecule has 8 heteroatoms. The molecule has 1 N–H and O–H groups in total. The molecule has 0 atom stereocenters. The fraction of sp³-hybridized carbons (Fsp3) is 0.273. The predicted molar refractivity (Wildman–Crippen MR) is 69.8 cm³/mol. The molecule has 1 aromatic carbocycles. The first kappa shape index (κ1) is 15.4. The zero-order valence-corrected chi connectivity index (χ0v) is 11.7. The van der Waals surface area contributed by atoms with Crippen molar-refractivity contribution >= 4 is 19.4 Å². The number of methoxy groups -OCH3 is 1. The molecule has 1 aromatic rings. The van der Waals surface area contributed by atoms with E-state index in [9.17, 15) is 9.36 Å². The van der Waals surface area contributed by atoms with Gasteiger partial charge in [0.25, 0.3) is 0 Å². The van der Waals surface area contributed by atoms with Crippen molar-refractivity contribution in [2.75, 3.05) is 21.3 Å². The Morgan fingerprint density at radius 1 is 1.16 bits per heavy atom. The van der Waals surface area contributed by atoms with Crippen molar-refractivity contribution < 1.29 is 23.1 Å². The Morgan fingerprint density at radius 2 is 1.74 bits per heavy atom. The Bertz CT molecular complexity index is 495. The number of nitrogens with one attached hydrogen (secondary N) is 1. The first-order valence-corrected chi connectivity index (χ1v) is 6.80. The number of carbonyl (C=O) groups excluding carboxylic acids is 1. The van der Waals surface area contributed by atoms with E-state index in [4.69, 9.17) is 0 Å². The molecule has 0 radical (unpaired) electrons. The van der Waals surface area contributed by atoms with E-state index >= 15 is 0 Å². The van der Waals surface area contributed by atoms with Crippen LogP contribution < -0.4 is 5.20 Å². The Kier molecular flexibility index (Phi) is 5.69. The summed E-state index contributed by atoms with van der Waals surface area (Å²) >= 11 is 0. The molecule has 19 heavy (non-hydrogen) atoms. The number of ether oxygens (including phenoxy) is 1. The van der Waals surface area contributed by atoms with Crippen molar-refractivity contribution in [2.45, 2.75) is 0 Å². The largest absolute Gasteiger partial charge is 0.464 e. The van der Waals surface area contributed by atoms with Crippen LogP contribution in [0.5, 0.6) is 0 Å². The van der Waals surface area contributed by atoms with E-state index in [1.165, 1.54) is 21.3 Å². The van der Waals surface area contributed by atoms with Crippen molar-refractivity contribution in [3.63, 3.8) is 0 Å². The number of carbonyl (C=O) groups is 1. The second-order valence-corrected chi connectivity index (χ2v) is 5.21. The highest BCUT2D eigenvalue weighted by atomic mass is 31.2. The van der Waals surface area contributed by atoms with E-state index in [2.05, 4.69) is 24.1 Å². The summed E-state index contributed by atoms with van der Waals surface area (Å²) in [6.45, 7) is 0. The number of esters is 1. The second kappa shape index (κ2) is 7.04. The molecule has 0 aliphatic heterocycles. The van der Waals surface area contributed by atoms with E-state index in [-0.39, 0.29) is 5.71 Å². The van der Waals surface area contributed by atoms with E-state index < -0.39 is 13.7 Å².